The summed E-state index contributed by atoms with van der Waals surface area (Å²) in [5.41, 5.74) is 4.64. The van der Waals surface area contributed by atoms with E-state index in [1.807, 2.05) is 6.07 Å². The Balaban J connectivity index is 2.12. The molecule has 0 amide bonds. The van der Waals surface area contributed by atoms with Gasteiger partial charge in [0.1, 0.15) is 29.5 Å². The monoisotopic (exact) mass is 313 g/mol. The zero-order chi connectivity index (χ0) is 17.4. The summed E-state index contributed by atoms with van der Waals surface area (Å²) < 4.78 is 0. The molecule has 0 heterocycles. The highest BCUT2D eigenvalue weighted by Gasteiger charge is 2.08. The van der Waals surface area contributed by atoms with E-state index >= 15 is 0 Å². The Bertz CT molecular complexity index is 888. The molecule has 0 radical (unpaired) electrons. The highest BCUT2D eigenvalue weighted by Crippen LogP contribution is 2.20. The molecule has 0 unspecified atom stereocenters. The molecule has 114 valence electrons. The topological polar surface area (TPSA) is 116 Å². The maximum atomic E-state index is 9.20. The molecule has 24 heavy (non-hydrogen) atoms. The molecule has 0 spiro atoms. The summed E-state index contributed by atoms with van der Waals surface area (Å²) in [6, 6.07) is 18.5. The van der Waals surface area contributed by atoms with Gasteiger partial charge in [0.05, 0.1) is 17.5 Å². The number of benzene rings is 2. The molecule has 0 saturated heterocycles. The SMILES string of the molecule is N#CC(C#N)=C(C#N)c1ccc(N/N=C/c2ccc(O)cc2)cc1. The number of nitrogens with one attached hydrogen (secondary N) is 1. The van der Waals surface area contributed by atoms with Crippen molar-refractivity contribution in [3.05, 3.63) is 65.2 Å². The lowest BCUT2D eigenvalue weighted by atomic mass is 10.0. The van der Waals surface area contributed by atoms with Crippen LogP contribution in [0.15, 0.2) is 59.2 Å². The zero-order valence-electron chi connectivity index (χ0n) is 12.4. The Hall–Kier alpha value is -4.08. The average Bonchev–Trinajstić information content (AvgIpc) is 2.62. The fourth-order valence-electron chi connectivity index (χ4n) is 1.85. The Morgan fingerprint density at radius 3 is 2.08 bits per heavy atom. The third-order valence-electron chi connectivity index (χ3n) is 3.06. The first-order chi connectivity index (χ1) is 11.7. The predicted octanol–water partition coefficient (Wildman–Crippen LogP) is 3.16. The van der Waals surface area contributed by atoms with E-state index in [9.17, 15) is 5.11 Å². The van der Waals surface area contributed by atoms with Crippen LogP contribution in [0.1, 0.15) is 11.1 Å². The molecule has 0 aliphatic carbocycles. The van der Waals surface area contributed by atoms with Crippen molar-refractivity contribution in [2.24, 2.45) is 5.10 Å². The van der Waals surface area contributed by atoms with E-state index in [0.717, 1.165) is 5.56 Å². The molecule has 2 N–H and O–H groups in total. The third kappa shape index (κ3) is 3.98. The summed E-state index contributed by atoms with van der Waals surface area (Å²) in [5.74, 6) is 0.186. The minimum absolute atomic E-state index is 0.0409. The molecule has 6 heteroatoms. The van der Waals surface area contributed by atoms with Crippen LogP contribution in [0.5, 0.6) is 5.75 Å². The molecule has 0 atom stereocenters. The molecule has 2 aromatic rings. The number of hydrogen-bond donors (Lipinski definition) is 2. The predicted molar refractivity (Wildman–Crippen MR) is 89.5 cm³/mol. The molecule has 0 fully saturated rings. The van der Waals surface area contributed by atoms with E-state index in [-0.39, 0.29) is 16.9 Å². The molecule has 6 nitrogen and oxygen atoms in total. The minimum atomic E-state index is -0.219. The van der Waals surface area contributed by atoms with Crippen LogP contribution < -0.4 is 5.43 Å². The second-order valence-electron chi connectivity index (χ2n) is 4.62. The Morgan fingerprint density at radius 2 is 1.54 bits per heavy atom. The van der Waals surface area contributed by atoms with Crippen LogP contribution >= 0.6 is 0 Å². The van der Waals surface area contributed by atoms with Gasteiger partial charge < -0.3 is 5.11 Å². The van der Waals surface area contributed by atoms with E-state index < -0.39 is 0 Å². The van der Waals surface area contributed by atoms with Crippen molar-refractivity contribution in [3.63, 3.8) is 0 Å². The number of aromatic hydroxyl groups is 1. The molecule has 2 aromatic carbocycles. The molecular weight excluding hydrogens is 302 g/mol. The third-order valence-corrected chi connectivity index (χ3v) is 3.06. The second-order valence-corrected chi connectivity index (χ2v) is 4.62. The van der Waals surface area contributed by atoms with Crippen molar-refractivity contribution in [1.82, 2.24) is 0 Å². The molecule has 0 saturated carbocycles. The lowest BCUT2D eigenvalue weighted by Gasteiger charge is -2.03. The molecular formula is C18H11N5O. The number of phenols is 1. The van der Waals surface area contributed by atoms with Crippen molar-refractivity contribution in [2.75, 3.05) is 5.43 Å². The summed E-state index contributed by atoms with van der Waals surface area (Å²) in [6.07, 6.45) is 1.59. The standard InChI is InChI=1S/C18H11N5O/c19-9-15(10-20)18(11-21)14-3-5-16(6-4-14)23-22-12-13-1-7-17(24)8-2-13/h1-8,12,23-24H/b22-12+. The van der Waals surface area contributed by atoms with Gasteiger partial charge in [-0.3, -0.25) is 5.43 Å². The number of nitrogens with zero attached hydrogens (tertiary/aromatic N) is 4. The highest BCUT2D eigenvalue weighted by atomic mass is 16.3. The second kappa shape index (κ2) is 7.79. The Labute approximate surface area is 138 Å². The van der Waals surface area contributed by atoms with E-state index in [1.54, 1.807) is 66.9 Å². The van der Waals surface area contributed by atoms with Crippen molar-refractivity contribution in [3.8, 4) is 24.0 Å². The Kier molecular flexibility index (Phi) is 5.29. The molecule has 0 aliphatic heterocycles. The molecule has 0 aliphatic rings. The maximum absolute atomic E-state index is 9.20. The van der Waals surface area contributed by atoms with Crippen LogP contribution in [0.3, 0.4) is 0 Å². The first-order valence-electron chi connectivity index (χ1n) is 6.81. The van der Waals surface area contributed by atoms with Crippen LogP contribution in [-0.4, -0.2) is 11.3 Å². The number of rotatable bonds is 4. The molecule has 0 bridgehead atoms. The van der Waals surface area contributed by atoms with E-state index in [4.69, 9.17) is 15.8 Å². The highest BCUT2D eigenvalue weighted by molar-refractivity contribution is 5.85. The van der Waals surface area contributed by atoms with Gasteiger partial charge in [-0.25, -0.2) is 0 Å². The van der Waals surface area contributed by atoms with Gasteiger partial charge in [-0.2, -0.15) is 20.9 Å². The van der Waals surface area contributed by atoms with Gasteiger partial charge in [0.25, 0.3) is 0 Å². The van der Waals surface area contributed by atoms with E-state index in [1.165, 1.54) is 0 Å². The number of hydrazone groups is 1. The summed E-state index contributed by atoms with van der Waals surface area (Å²) >= 11 is 0. The van der Waals surface area contributed by atoms with E-state index in [0.29, 0.717) is 11.3 Å². The van der Waals surface area contributed by atoms with Gasteiger partial charge in [0, 0.05) is 0 Å². The maximum Gasteiger partial charge on any atom is 0.148 e. The fourth-order valence-corrected chi connectivity index (χ4v) is 1.85. The largest absolute Gasteiger partial charge is 0.508 e. The summed E-state index contributed by atoms with van der Waals surface area (Å²) in [5, 5.41) is 40.1. The molecule has 0 aromatic heterocycles. The van der Waals surface area contributed by atoms with Gasteiger partial charge in [-0.1, -0.05) is 12.1 Å². The van der Waals surface area contributed by atoms with Gasteiger partial charge in [-0.15, -0.1) is 0 Å². The number of hydrogen-bond acceptors (Lipinski definition) is 6. The van der Waals surface area contributed by atoms with Crippen molar-refractivity contribution in [2.45, 2.75) is 0 Å². The summed E-state index contributed by atoms with van der Waals surface area (Å²) in [6.45, 7) is 0. The normalized spacial score (nSPS) is 9.54. The van der Waals surface area contributed by atoms with Gasteiger partial charge >= 0.3 is 0 Å². The van der Waals surface area contributed by atoms with Gasteiger partial charge in [0.15, 0.2) is 0 Å². The van der Waals surface area contributed by atoms with E-state index in [2.05, 4.69) is 10.5 Å². The average molecular weight is 313 g/mol. The number of phenolic OH excluding ortho intramolecular Hbond substituents is 1. The van der Waals surface area contributed by atoms with Crippen molar-refractivity contribution in [1.29, 1.82) is 15.8 Å². The van der Waals surface area contributed by atoms with Crippen LogP contribution in [0.2, 0.25) is 0 Å². The fraction of sp³-hybridized carbons (Fsp3) is 0. The van der Waals surface area contributed by atoms with Crippen LogP contribution in [0, 0.1) is 34.0 Å². The summed E-state index contributed by atoms with van der Waals surface area (Å²) in [7, 11) is 0. The molecule has 2 rings (SSSR count). The number of nitriles is 3. The van der Waals surface area contributed by atoms with Gasteiger partial charge in [-0.05, 0) is 47.5 Å². The number of anilines is 1. The van der Waals surface area contributed by atoms with Crippen molar-refractivity contribution < 1.29 is 5.11 Å². The van der Waals surface area contributed by atoms with Crippen LogP contribution in [0.25, 0.3) is 5.57 Å². The summed E-state index contributed by atoms with van der Waals surface area (Å²) in [4.78, 5) is 0. The first-order valence-corrected chi connectivity index (χ1v) is 6.81. The quantitative estimate of drug-likeness (QED) is 0.511. The zero-order valence-corrected chi connectivity index (χ0v) is 12.4. The van der Waals surface area contributed by atoms with Gasteiger partial charge in [0.2, 0.25) is 0 Å². The number of allylic oxidation sites excluding steroid dienone is 2. The van der Waals surface area contributed by atoms with Crippen molar-refractivity contribution >= 4 is 17.5 Å². The Morgan fingerprint density at radius 1 is 0.917 bits per heavy atom. The lowest BCUT2D eigenvalue weighted by molar-refractivity contribution is 0.475. The minimum Gasteiger partial charge on any atom is -0.508 e. The lowest BCUT2D eigenvalue weighted by Crippen LogP contribution is -1.92. The van der Waals surface area contributed by atoms with Crippen LogP contribution in [0.4, 0.5) is 5.69 Å². The first kappa shape index (κ1) is 16.3. The smallest absolute Gasteiger partial charge is 0.148 e. The van der Waals surface area contributed by atoms with Crippen LogP contribution in [-0.2, 0) is 0 Å².